The van der Waals surface area contributed by atoms with Crippen LogP contribution in [0.3, 0.4) is 0 Å². The summed E-state index contributed by atoms with van der Waals surface area (Å²) >= 11 is 0. The fourth-order valence-electron chi connectivity index (χ4n) is 3.09. The highest BCUT2D eigenvalue weighted by molar-refractivity contribution is 7.89. The van der Waals surface area contributed by atoms with Gasteiger partial charge < -0.3 is 0 Å². The van der Waals surface area contributed by atoms with Gasteiger partial charge in [0, 0.05) is 13.2 Å². The van der Waals surface area contributed by atoms with Gasteiger partial charge in [-0.05, 0) is 68.0 Å². The molecule has 5 heteroatoms. The van der Waals surface area contributed by atoms with E-state index in [1.54, 1.807) is 25.4 Å². The third-order valence-corrected chi connectivity index (χ3v) is 6.14. The average Bonchev–Trinajstić information content (AvgIpc) is 3.32. The van der Waals surface area contributed by atoms with Gasteiger partial charge in [-0.2, -0.15) is 4.31 Å². The summed E-state index contributed by atoms with van der Waals surface area (Å²) in [7, 11) is -1.87. The van der Waals surface area contributed by atoms with E-state index in [4.69, 9.17) is 0 Å². The maximum absolute atomic E-state index is 13.1. The Morgan fingerprint density at radius 1 is 1.13 bits per heavy atom. The minimum Gasteiger partial charge on any atom is -0.260 e. The van der Waals surface area contributed by atoms with Crippen LogP contribution in [0.2, 0.25) is 0 Å². The second-order valence-corrected chi connectivity index (χ2v) is 8.38. The Morgan fingerprint density at radius 3 is 2.30 bits per heavy atom. The Balaban J connectivity index is 2.00. The molecular formula is C18H22N2O2S. The van der Waals surface area contributed by atoms with Crippen LogP contribution >= 0.6 is 0 Å². The fourth-order valence-corrected chi connectivity index (χ4v) is 4.67. The molecule has 0 amide bonds. The maximum Gasteiger partial charge on any atom is 0.243 e. The highest BCUT2D eigenvalue weighted by Crippen LogP contribution is 2.45. The van der Waals surface area contributed by atoms with Gasteiger partial charge in [-0.15, -0.1) is 0 Å². The molecule has 1 aromatic heterocycles. The molecule has 1 aromatic carbocycles. The van der Waals surface area contributed by atoms with Crippen LogP contribution in [0.25, 0.3) is 0 Å². The van der Waals surface area contributed by atoms with Crippen molar-refractivity contribution >= 4 is 10.0 Å². The molecule has 0 saturated heterocycles. The Hall–Kier alpha value is -1.72. The van der Waals surface area contributed by atoms with Crippen LogP contribution in [0, 0.1) is 19.8 Å². The molecule has 1 heterocycles. The third kappa shape index (κ3) is 3.31. The summed E-state index contributed by atoms with van der Waals surface area (Å²) in [4.78, 5) is 4.76. The standard InChI is InChI=1S/C18H22N2O2S/c1-13-10-14(2)12-16(11-13)23(21,22)20(3)18(15-7-8-15)17-6-4-5-9-19-17/h4-6,9-12,15,18H,7-8H2,1-3H3. The largest absolute Gasteiger partial charge is 0.260 e. The molecule has 1 unspecified atom stereocenters. The predicted octanol–water partition coefficient (Wildman–Crippen LogP) is 3.47. The van der Waals surface area contributed by atoms with Crippen molar-refractivity contribution in [2.24, 2.45) is 5.92 Å². The summed E-state index contributed by atoms with van der Waals surface area (Å²) in [5, 5.41) is 0. The molecule has 1 atom stereocenters. The molecular weight excluding hydrogens is 308 g/mol. The van der Waals surface area contributed by atoms with Crippen LogP contribution in [0.15, 0.2) is 47.5 Å². The van der Waals surface area contributed by atoms with Gasteiger partial charge in [-0.25, -0.2) is 8.42 Å². The van der Waals surface area contributed by atoms with E-state index in [1.807, 2.05) is 38.1 Å². The molecule has 1 aliphatic carbocycles. The van der Waals surface area contributed by atoms with Crippen molar-refractivity contribution in [2.45, 2.75) is 37.6 Å². The van der Waals surface area contributed by atoms with Crippen molar-refractivity contribution in [1.82, 2.24) is 9.29 Å². The molecule has 122 valence electrons. The lowest BCUT2D eigenvalue weighted by Crippen LogP contribution is -2.33. The second-order valence-electron chi connectivity index (χ2n) is 6.38. The van der Waals surface area contributed by atoms with Gasteiger partial charge in [-0.3, -0.25) is 4.98 Å². The Kier molecular flexibility index (Phi) is 4.25. The minimum atomic E-state index is -3.54. The number of rotatable bonds is 5. The van der Waals surface area contributed by atoms with Crippen LogP contribution in [-0.2, 0) is 10.0 Å². The van der Waals surface area contributed by atoms with Crippen molar-refractivity contribution in [3.63, 3.8) is 0 Å². The number of sulfonamides is 1. The molecule has 0 radical (unpaired) electrons. The topological polar surface area (TPSA) is 50.3 Å². The first-order valence-corrected chi connectivity index (χ1v) is 9.31. The molecule has 4 nitrogen and oxygen atoms in total. The minimum absolute atomic E-state index is 0.193. The van der Waals surface area contributed by atoms with E-state index in [9.17, 15) is 8.42 Å². The first-order chi connectivity index (χ1) is 10.9. The van der Waals surface area contributed by atoms with Crippen molar-refractivity contribution in [2.75, 3.05) is 7.05 Å². The number of benzene rings is 1. The zero-order valence-corrected chi connectivity index (χ0v) is 14.5. The number of hydrogen-bond donors (Lipinski definition) is 0. The van der Waals surface area contributed by atoms with Crippen LogP contribution in [0.5, 0.6) is 0 Å². The van der Waals surface area contributed by atoms with E-state index in [2.05, 4.69) is 4.98 Å². The summed E-state index contributed by atoms with van der Waals surface area (Å²) < 4.78 is 27.7. The number of hydrogen-bond acceptors (Lipinski definition) is 3. The SMILES string of the molecule is Cc1cc(C)cc(S(=O)(=O)N(C)C(c2ccccn2)C2CC2)c1. The second kappa shape index (κ2) is 6.06. The first kappa shape index (κ1) is 16.1. The zero-order valence-electron chi connectivity index (χ0n) is 13.7. The number of aromatic nitrogens is 1. The van der Waals surface area contributed by atoms with Crippen LogP contribution in [0.1, 0.15) is 35.7 Å². The van der Waals surface area contributed by atoms with Gasteiger partial charge in [0.05, 0.1) is 16.6 Å². The molecule has 1 fully saturated rings. The van der Waals surface area contributed by atoms with Gasteiger partial charge in [0.25, 0.3) is 0 Å². The molecule has 3 rings (SSSR count). The monoisotopic (exact) mass is 330 g/mol. The molecule has 0 aliphatic heterocycles. The van der Waals surface area contributed by atoms with E-state index in [0.717, 1.165) is 29.7 Å². The Bertz CT molecular complexity index is 779. The predicted molar refractivity (Wildman–Crippen MR) is 90.6 cm³/mol. The van der Waals surface area contributed by atoms with Crippen molar-refractivity contribution < 1.29 is 8.42 Å². The van der Waals surface area contributed by atoms with Crippen molar-refractivity contribution in [1.29, 1.82) is 0 Å². The van der Waals surface area contributed by atoms with E-state index in [1.165, 1.54) is 4.31 Å². The average molecular weight is 330 g/mol. The fraction of sp³-hybridized carbons (Fsp3) is 0.389. The maximum atomic E-state index is 13.1. The van der Waals surface area contributed by atoms with E-state index in [-0.39, 0.29) is 6.04 Å². The molecule has 0 spiro atoms. The molecule has 2 aromatic rings. The molecule has 23 heavy (non-hydrogen) atoms. The Morgan fingerprint density at radius 2 is 1.78 bits per heavy atom. The lowest BCUT2D eigenvalue weighted by Gasteiger charge is -2.27. The lowest BCUT2D eigenvalue weighted by molar-refractivity contribution is 0.335. The summed E-state index contributed by atoms with van der Waals surface area (Å²) in [5.41, 5.74) is 2.74. The van der Waals surface area contributed by atoms with Gasteiger partial charge in [0.2, 0.25) is 10.0 Å². The lowest BCUT2D eigenvalue weighted by atomic mass is 10.1. The smallest absolute Gasteiger partial charge is 0.243 e. The molecule has 0 N–H and O–H groups in total. The summed E-state index contributed by atoms with van der Waals surface area (Å²) in [6.45, 7) is 3.84. The quantitative estimate of drug-likeness (QED) is 0.843. The summed E-state index contributed by atoms with van der Waals surface area (Å²) in [6, 6.07) is 10.9. The van der Waals surface area contributed by atoms with Crippen LogP contribution < -0.4 is 0 Å². The molecule has 1 aliphatic rings. The van der Waals surface area contributed by atoms with E-state index >= 15 is 0 Å². The molecule has 0 bridgehead atoms. The first-order valence-electron chi connectivity index (χ1n) is 7.87. The van der Waals surface area contributed by atoms with Crippen LogP contribution in [-0.4, -0.2) is 24.8 Å². The summed E-state index contributed by atoms with van der Waals surface area (Å²) in [5.74, 6) is 0.357. The van der Waals surface area contributed by atoms with Crippen molar-refractivity contribution in [3.8, 4) is 0 Å². The van der Waals surface area contributed by atoms with Gasteiger partial charge in [-0.1, -0.05) is 12.1 Å². The number of pyridine rings is 1. The Labute approximate surface area is 138 Å². The third-order valence-electron chi connectivity index (χ3n) is 4.32. The number of nitrogens with zero attached hydrogens (tertiary/aromatic N) is 2. The zero-order chi connectivity index (χ0) is 16.6. The van der Waals surface area contributed by atoms with Crippen LogP contribution in [0.4, 0.5) is 0 Å². The normalized spacial score (nSPS) is 16.5. The summed E-state index contributed by atoms with van der Waals surface area (Å²) in [6.07, 6.45) is 3.82. The highest BCUT2D eigenvalue weighted by atomic mass is 32.2. The van der Waals surface area contributed by atoms with Gasteiger partial charge in [0.15, 0.2) is 0 Å². The molecule has 1 saturated carbocycles. The van der Waals surface area contributed by atoms with E-state index in [0.29, 0.717) is 10.8 Å². The van der Waals surface area contributed by atoms with Gasteiger partial charge >= 0.3 is 0 Å². The van der Waals surface area contributed by atoms with E-state index < -0.39 is 10.0 Å². The van der Waals surface area contributed by atoms with Gasteiger partial charge in [0.1, 0.15) is 0 Å². The van der Waals surface area contributed by atoms with Crippen molar-refractivity contribution in [3.05, 3.63) is 59.4 Å². The highest BCUT2D eigenvalue weighted by Gasteiger charge is 2.40. The number of aryl methyl sites for hydroxylation is 2.